The molecular weight excluding hydrogens is 1850 g/mol. The Labute approximate surface area is 814 Å². The fourth-order valence-electron chi connectivity index (χ4n) is 17.2. The highest BCUT2D eigenvalue weighted by atomic mass is 17.1. The topological polar surface area (TPSA) is 662 Å². The number of aliphatic hydroxyl groups is 2. The second-order valence-electron chi connectivity index (χ2n) is 38.6. The standard InChI is InChI=1S/C20H30N6O7.C20H30N6O6.C20H30N6O5.C17H26N6O4.C11H19N5O2/c1-10-11(8-12(33-30)13(17(28)31-6)23-19(29)32-7)26-16(27)14-15(24(5)18(26)22-10)25(9-21-14)20(2,3)4;1-10-11(8-12(27)13(17(29)31-6)23-19(30)32-7)26-16(28)14-15(24(5)18(26)22-10)25(9-21-14)20(2,3)4;1-11-13(9-8-12(17(28)30-6)23-19(29)31-7)26-16(27)14-15(24(5)18(26)22-11)25(10-21-14)20(2,3)4;1-8-9(6-10(24)11(18)15(26)27)23-14(25)12-13(21(5)16(23)20-8)22(7-19-12)17(2,3)4;1-16-7-5-9(13)15-11(16)14-6-3-2-4-8(12)10(17)18/h9,12-15,30H,8H2,1-7H3,(H,23,29);9,12-15,27H,8H2,1-7H3,(H,23,30);10,12,14-15H,8-9H2,1-7H3,(H,23,29);7,10-13,24H,6,18H2,1-5H3,(H,26,27);5,7-8H,2-4,6,12H2,1H3,(H,17,18)(H2,13,14,15). The molecule has 5 aromatic heterocycles. The number of imidazole rings is 4. The number of rotatable bonds is 26. The molecule has 5 aromatic rings. The molecule has 0 aliphatic carbocycles. The van der Waals surface area contributed by atoms with Gasteiger partial charge in [0.2, 0.25) is 29.4 Å². The van der Waals surface area contributed by atoms with Crippen LogP contribution >= 0.6 is 0 Å². The molecule has 0 bridgehead atoms. The number of carbonyl (C=O) groups excluding carboxylic acids is 10. The molecule has 141 heavy (non-hydrogen) atoms. The second-order valence-corrected chi connectivity index (χ2v) is 38.6. The third-order valence-electron chi connectivity index (χ3n) is 24.9. The number of nitrogens with zero attached hydrogens (tertiary/aromatic N) is 23. The Balaban J connectivity index is 0.000000199. The van der Waals surface area contributed by atoms with Crippen molar-refractivity contribution in [3.8, 4) is 0 Å². The minimum atomic E-state index is -1.44. The molecule has 8 aliphatic rings. The number of hydrogen-bond donors (Lipinski definition) is 11. The van der Waals surface area contributed by atoms with Gasteiger partial charge in [0.05, 0.1) is 126 Å². The maximum Gasteiger partial charge on any atom is 0.407 e. The van der Waals surface area contributed by atoms with Crippen molar-refractivity contribution in [2.45, 2.75) is 282 Å². The Morgan fingerprint density at radius 3 is 1.12 bits per heavy atom. The van der Waals surface area contributed by atoms with Gasteiger partial charge in [0, 0.05) is 89.4 Å². The summed E-state index contributed by atoms with van der Waals surface area (Å²) in [5.41, 5.74) is 20.3. The van der Waals surface area contributed by atoms with E-state index in [-0.39, 0.29) is 96.1 Å². The number of hydrogen-bond acceptors (Lipinski definition) is 43. The van der Waals surface area contributed by atoms with Gasteiger partial charge in [-0.1, -0.05) is 0 Å². The number of carboxylic acid groups (broad SMARTS) is 2. The first kappa shape index (κ1) is 111. The van der Waals surface area contributed by atoms with Gasteiger partial charge in [-0.15, -0.1) is 0 Å². The zero-order valence-electron chi connectivity index (χ0n) is 84.6. The fourth-order valence-corrected chi connectivity index (χ4v) is 17.2. The van der Waals surface area contributed by atoms with Crippen LogP contribution in [-0.2, 0) is 90.0 Å². The SMILES string of the molecule is COC(=O)NC(C(=O)OC)C(Cc1c(C)nc2n1C(=O)C1N=CN(C(C)(C)C)C1N2C)OO.COC(=O)NC(C(=O)OC)C(O)Cc1c(C)nc2n1C(=O)C1N=CN(C(C)(C)C)C1N2C.COC(=O)NC(CCc1c(C)nc2n1C(=O)C1N=CN(C(C)(C)C)C1N2C)C(=O)OC.Cc1nc2n(c1CC(O)C(N)C(=O)O)C(=O)C1N=CN(C(C)(C)C)C1N2C.Cn1ccc(N)nc1=NCCCCC(N)C(=O)O. The summed E-state index contributed by atoms with van der Waals surface area (Å²) < 4.78 is 35.5. The molecule has 0 spiro atoms. The number of fused-ring (bicyclic) bond motifs is 8. The summed E-state index contributed by atoms with van der Waals surface area (Å²) in [5, 5.41) is 55.1. The molecule has 0 fully saturated rings. The van der Waals surface area contributed by atoms with Gasteiger partial charge >= 0.3 is 48.1 Å². The zero-order chi connectivity index (χ0) is 106. The summed E-state index contributed by atoms with van der Waals surface area (Å²) in [6.07, 6.45) is 2.97. The minimum absolute atomic E-state index is 0.0873. The molecule has 53 heteroatoms. The summed E-state index contributed by atoms with van der Waals surface area (Å²) in [5.74, 6) is -3.29. The number of nitrogens with two attached hydrogens (primary N) is 3. The normalized spacial score (nSPS) is 20.9. The van der Waals surface area contributed by atoms with Gasteiger partial charge in [-0.2, -0.15) is 4.98 Å². The number of nitrogens with one attached hydrogen (secondary N) is 3. The van der Waals surface area contributed by atoms with E-state index in [1.165, 1.54) is 27.9 Å². The molecule has 8 aliphatic heterocycles. The Morgan fingerprint density at radius 2 is 0.780 bits per heavy atom. The lowest BCUT2D eigenvalue weighted by Gasteiger charge is -2.44. The summed E-state index contributed by atoms with van der Waals surface area (Å²) in [7, 11) is 16.3. The van der Waals surface area contributed by atoms with E-state index in [1.54, 1.807) is 67.5 Å². The third-order valence-corrected chi connectivity index (χ3v) is 24.9. The number of anilines is 5. The van der Waals surface area contributed by atoms with Crippen molar-refractivity contribution in [3.05, 3.63) is 63.4 Å². The van der Waals surface area contributed by atoms with E-state index < -0.39 is 121 Å². The zero-order valence-corrected chi connectivity index (χ0v) is 84.6. The molecule has 16 unspecified atom stereocenters. The first-order valence-corrected chi connectivity index (χ1v) is 45.2. The van der Waals surface area contributed by atoms with Crippen LogP contribution < -0.4 is 58.4 Å². The maximum atomic E-state index is 13.5. The van der Waals surface area contributed by atoms with Crippen LogP contribution in [0.5, 0.6) is 0 Å². The van der Waals surface area contributed by atoms with E-state index in [0.717, 1.165) is 41.3 Å². The van der Waals surface area contributed by atoms with Gasteiger partial charge < -0.3 is 126 Å². The lowest BCUT2D eigenvalue weighted by atomic mass is 10.0. The van der Waals surface area contributed by atoms with Crippen molar-refractivity contribution in [1.29, 1.82) is 0 Å². The van der Waals surface area contributed by atoms with E-state index in [4.69, 9.17) is 36.9 Å². The number of aromatic nitrogens is 10. The van der Waals surface area contributed by atoms with Crippen LogP contribution in [0.25, 0.3) is 0 Å². The number of aryl methyl sites for hydroxylation is 5. The molecule has 53 nitrogen and oxygen atoms in total. The van der Waals surface area contributed by atoms with Crippen molar-refractivity contribution in [3.63, 3.8) is 0 Å². The van der Waals surface area contributed by atoms with Gasteiger partial charge in [-0.05, 0) is 149 Å². The molecule has 0 saturated carbocycles. The van der Waals surface area contributed by atoms with Crippen molar-refractivity contribution in [1.82, 2.24) is 83.3 Å². The smallest absolute Gasteiger partial charge is 0.407 e. The highest BCUT2D eigenvalue weighted by Gasteiger charge is 2.55. The van der Waals surface area contributed by atoms with E-state index >= 15 is 0 Å². The molecule has 0 aromatic carbocycles. The van der Waals surface area contributed by atoms with Gasteiger partial charge in [-0.25, -0.2) is 53.6 Å². The number of amides is 3. The quantitative estimate of drug-likeness (QED) is 0.0116. The monoisotopic (exact) mass is 1980 g/mol. The molecule has 14 N–H and O–H groups in total. The number of aliphatic carboxylic acids is 2. The number of alkyl carbamates (subject to hydrolysis) is 3. The van der Waals surface area contributed by atoms with Crippen LogP contribution in [0, 0.1) is 27.7 Å². The number of ether oxygens (including phenoxy) is 6. The van der Waals surface area contributed by atoms with Crippen LogP contribution in [0.2, 0.25) is 0 Å². The van der Waals surface area contributed by atoms with Crippen LogP contribution in [0.15, 0.2) is 37.2 Å². The predicted octanol–water partition coefficient (Wildman–Crippen LogP) is 0.204. The van der Waals surface area contributed by atoms with Crippen molar-refractivity contribution < 1.29 is 117 Å². The molecule has 776 valence electrons. The number of aliphatic imine (C=N–C) groups is 4. The average Bonchev–Trinajstić information content (AvgIpc) is 1.59. The molecule has 0 radical (unpaired) electrons. The van der Waals surface area contributed by atoms with E-state index in [0.29, 0.717) is 100 Å². The van der Waals surface area contributed by atoms with Crippen LogP contribution in [0.3, 0.4) is 0 Å². The Hall–Kier alpha value is -13.8. The predicted molar refractivity (Wildman–Crippen MR) is 511 cm³/mol. The second kappa shape index (κ2) is 44.8. The van der Waals surface area contributed by atoms with Gasteiger partial charge in [0.15, 0.2) is 36.3 Å². The number of nitrogen functional groups attached to an aromatic ring is 1. The first-order chi connectivity index (χ1) is 65.8. The summed E-state index contributed by atoms with van der Waals surface area (Å²) >= 11 is 0. The minimum Gasteiger partial charge on any atom is -0.480 e. The number of aliphatic hydroxyl groups excluding tert-OH is 2. The fraction of sp³-hybridized carbons (Fsp3) is 0.636. The number of methoxy groups -OCH3 is 6. The van der Waals surface area contributed by atoms with Gasteiger partial charge in [0.1, 0.15) is 54.7 Å². The maximum absolute atomic E-state index is 13.5. The lowest BCUT2D eigenvalue weighted by Crippen LogP contribution is -2.61. The van der Waals surface area contributed by atoms with Gasteiger partial charge in [0.25, 0.3) is 23.6 Å². The molecule has 3 amide bonds. The molecular formula is C88H135N29O24. The van der Waals surface area contributed by atoms with E-state index in [9.17, 15) is 73.0 Å². The summed E-state index contributed by atoms with van der Waals surface area (Å²) in [6.45, 7) is 32.1. The number of carbonyl (C=O) groups is 12. The van der Waals surface area contributed by atoms with Crippen LogP contribution in [-0.4, -0.2) is 387 Å². The first-order valence-electron chi connectivity index (χ1n) is 45.2. The highest BCUT2D eigenvalue weighted by Crippen LogP contribution is 2.41. The third kappa shape index (κ3) is 23.8. The molecule has 13 heterocycles. The van der Waals surface area contributed by atoms with Crippen molar-refractivity contribution in [2.24, 2.45) is 43.5 Å². The van der Waals surface area contributed by atoms with E-state index in [1.807, 2.05) is 139 Å². The van der Waals surface area contributed by atoms with Crippen LogP contribution in [0.4, 0.5) is 44.0 Å². The lowest BCUT2D eigenvalue weighted by molar-refractivity contribution is -0.283. The Bertz CT molecular complexity index is 5670. The Kier molecular flexibility index (Phi) is 35.2. The number of esters is 3. The highest BCUT2D eigenvalue weighted by molar-refractivity contribution is 5.97. The molecule has 13 rings (SSSR count). The molecule has 16 atom stereocenters. The summed E-state index contributed by atoms with van der Waals surface area (Å²) in [4.78, 5) is 211. The van der Waals surface area contributed by atoms with Crippen LogP contribution in [0.1, 0.15) is 173 Å². The van der Waals surface area contributed by atoms with E-state index in [2.05, 4.69) is 115 Å². The number of carboxylic acids is 2. The molecule has 0 saturated heterocycles. The van der Waals surface area contributed by atoms with Crippen molar-refractivity contribution >= 4 is 127 Å². The number of unbranched alkanes of at least 4 members (excludes halogenated alkanes) is 1. The van der Waals surface area contributed by atoms with Crippen molar-refractivity contribution in [2.75, 3.05) is 103 Å². The largest absolute Gasteiger partial charge is 0.480 e. The summed E-state index contributed by atoms with van der Waals surface area (Å²) in [6, 6.07) is -6.78. The van der Waals surface area contributed by atoms with Gasteiger partial charge in [-0.3, -0.25) is 77.3 Å². The number of likely N-dealkylation sites (N-methyl/N-ethyl adjacent to an activating group) is 4. The Morgan fingerprint density at radius 1 is 0.447 bits per heavy atom. The average molecular weight is 1980 g/mol.